The first-order valence-corrected chi connectivity index (χ1v) is 9.88. The Kier molecular flexibility index (Phi) is 4.93. The van der Waals surface area contributed by atoms with Crippen molar-refractivity contribution in [3.63, 3.8) is 0 Å². The molecule has 1 saturated carbocycles. The third-order valence-corrected chi connectivity index (χ3v) is 6.45. The van der Waals surface area contributed by atoms with Crippen LogP contribution >= 0.6 is 38.2 Å². The van der Waals surface area contributed by atoms with Gasteiger partial charge in [-0.2, -0.15) is 0 Å². The summed E-state index contributed by atoms with van der Waals surface area (Å²) in [6.07, 6.45) is 3.19. The second kappa shape index (κ2) is 6.07. The van der Waals surface area contributed by atoms with Crippen molar-refractivity contribution in [1.82, 2.24) is 5.32 Å². The number of carbonyl (C=O) groups is 1. The summed E-state index contributed by atoms with van der Waals surface area (Å²) in [4.78, 5) is 12.1. The number of halogens is 3. The topological polar surface area (TPSA) is 63.2 Å². The summed E-state index contributed by atoms with van der Waals surface area (Å²) in [7, 11) is 1.39. The lowest BCUT2D eigenvalue weighted by Gasteiger charge is -2.14. The number of nitrogens with one attached hydrogen (secondary N) is 1. The first kappa shape index (κ1) is 17.1. The Morgan fingerprint density at radius 2 is 2.05 bits per heavy atom. The van der Waals surface area contributed by atoms with E-state index in [-0.39, 0.29) is 20.9 Å². The molecule has 4 nitrogen and oxygen atoms in total. The summed E-state index contributed by atoms with van der Waals surface area (Å²) in [5.74, 6) is -0.400. The van der Waals surface area contributed by atoms with E-state index in [9.17, 15) is 13.2 Å². The van der Waals surface area contributed by atoms with Gasteiger partial charge in [0, 0.05) is 21.7 Å². The monoisotopic (exact) mass is 413 g/mol. The maximum Gasteiger partial charge on any atom is 0.261 e. The number of benzene rings is 1. The number of amides is 1. The van der Waals surface area contributed by atoms with Crippen molar-refractivity contribution in [3.8, 4) is 0 Å². The molecule has 21 heavy (non-hydrogen) atoms. The SMILES string of the molecule is CCC1(CNC(=O)c2cc(S(=O)(=O)Cl)cc(Br)c2Cl)CC1. The molecule has 1 aliphatic rings. The van der Waals surface area contributed by atoms with Crippen molar-refractivity contribution in [2.24, 2.45) is 5.41 Å². The van der Waals surface area contributed by atoms with Gasteiger partial charge in [0.25, 0.3) is 15.0 Å². The molecule has 1 aromatic rings. The lowest BCUT2D eigenvalue weighted by molar-refractivity contribution is 0.0944. The molecule has 0 aromatic heterocycles. The normalized spacial score (nSPS) is 16.6. The highest BCUT2D eigenvalue weighted by Gasteiger charge is 2.40. The van der Waals surface area contributed by atoms with E-state index in [0.717, 1.165) is 19.3 Å². The zero-order valence-electron chi connectivity index (χ0n) is 11.3. The summed E-state index contributed by atoms with van der Waals surface area (Å²) >= 11 is 9.20. The van der Waals surface area contributed by atoms with Crippen LogP contribution in [0.3, 0.4) is 0 Å². The summed E-state index contributed by atoms with van der Waals surface area (Å²) < 4.78 is 23.1. The van der Waals surface area contributed by atoms with Crippen LogP contribution < -0.4 is 5.32 Å². The fourth-order valence-corrected chi connectivity index (χ4v) is 3.66. The average Bonchev–Trinajstić information content (AvgIpc) is 3.18. The second-order valence-electron chi connectivity index (χ2n) is 5.24. The average molecular weight is 415 g/mol. The summed E-state index contributed by atoms with van der Waals surface area (Å²) in [5, 5.41) is 2.98. The minimum absolute atomic E-state index is 0.0946. The maximum absolute atomic E-state index is 12.2. The summed E-state index contributed by atoms with van der Waals surface area (Å²) in [5.41, 5.74) is 0.285. The van der Waals surface area contributed by atoms with Crippen molar-refractivity contribution in [3.05, 3.63) is 27.2 Å². The van der Waals surface area contributed by atoms with E-state index in [0.29, 0.717) is 11.0 Å². The fraction of sp³-hybridized carbons (Fsp3) is 0.462. The van der Waals surface area contributed by atoms with Crippen LogP contribution in [0.15, 0.2) is 21.5 Å². The summed E-state index contributed by atoms with van der Waals surface area (Å²) in [6, 6.07) is 2.46. The first-order chi connectivity index (χ1) is 9.68. The molecule has 0 saturated heterocycles. The predicted octanol–water partition coefficient (Wildman–Crippen LogP) is 3.95. The van der Waals surface area contributed by atoms with Gasteiger partial charge in [0.1, 0.15) is 0 Å². The molecule has 8 heteroatoms. The Bertz CT molecular complexity index is 687. The summed E-state index contributed by atoms with van der Waals surface area (Å²) in [6.45, 7) is 2.65. The first-order valence-electron chi connectivity index (χ1n) is 6.40. The van der Waals surface area contributed by atoms with Gasteiger partial charge < -0.3 is 5.32 Å². The molecular formula is C13H14BrCl2NO3S. The van der Waals surface area contributed by atoms with Crippen LogP contribution in [0.25, 0.3) is 0 Å². The van der Waals surface area contributed by atoms with Gasteiger partial charge in [-0.3, -0.25) is 4.79 Å². The van der Waals surface area contributed by atoms with Gasteiger partial charge in [0.15, 0.2) is 0 Å². The van der Waals surface area contributed by atoms with E-state index in [1.807, 2.05) is 0 Å². The molecule has 0 radical (unpaired) electrons. The van der Waals surface area contributed by atoms with Crippen molar-refractivity contribution in [2.45, 2.75) is 31.1 Å². The van der Waals surface area contributed by atoms with Gasteiger partial charge in [0.05, 0.1) is 15.5 Å². The Morgan fingerprint density at radius 3 is 2.52 bits per heavy atom. The lowest BCUT2D eigenvalue weighted by atomic mass is 10.0. The van der Waals surface area contributed by atoms with Gasteiger partial charge in [-0.1, -0.05) is 18.5 Å². The number of carbonyl (C=O) groups excluding carboxylic acids is 1. The van der Waals surface area contributed by atoms with E-state index in [1.165, 1.54) is 12.1 Å². The Hall–Kier alpha value is -0.300. The molecule has 116 valence electrons. The van der Waals surface area contributed by atoms with Crippen LogP contribution in [0.1, 0.15) is 36.5 Å². The van der Waals surface area contributed by atoms with E-state index >= 15 is 0 Å². The second-order valence-corrected chi connectivity index (χ2v) is 9.04. The van der Waals surface area contributed by atoms with Gasteiger partial charge in [-0.05, 0) is 52.7 Å². The highest BCUT2D eigenvalue weighted by atomic mass is 79.9. The maximum atomic E-state index is 12.2. The van der Waals surface area contributed by atoms with Gasteiger partial charge in [0.2, 0.25) is 0 Å². The molecule has 1 aliphatic carbocycles. The Morgan fingerprint density at radius 1 is 1.43 bits per heavy atom. The van der Waals surface area contributed by atoms with Crippen LogP contribution in [-0.2, 0) is 9.05 Å². The third-order valence-electron chi connectivity index (χ3n) is 3.86. The predicted molar refractivity (Wildman–Crippen MR) is 86.5 cm³/mol. The molecule has 0 unspecified atom stereocenters. The molecule has 2 rings (SSSR count). The molecule has 1 amide bonds. The smallest absolute Gasteiger partial charge is 0.261 e. The van der Waals surface area contributed by atoms with Crippen LogP contribution in [0.4, 0.5) is 0 Å². The fourth-order valence-electron chi connectivity index (χ4n) is 2.07. The van der Waals surface area contributed by atoms with E-state index < -0.39 is 15.0 Å². The molecule has 0 bridgehead atoms. The molecule has 0 spiro atoms. The quantitative estimate of drug-likeness (QED) is 0.741. The van der Waals surface area contributed by atoms with Crippen molar-refractivity contribution in [1.29, 1.82) is 0 Å². The largest absolute Gasteiger partial charge is 0.351 e. The molecule has 1 fully saturated rings. The van der Waals surface area contributed by atoms with E-state index in [4.69, 9.17) is 22.3 Å². The third kappa shape index (κ3) is 3.92. The van der Waals surface area contributed by atoms with Crippen LogP contribution in [0.2, 0.25) is 5.02 Å². The minimum Gasteiger partial charge on any atom is -0.351 e. The number of hydrogen-bond acceptors (Lipinski definition) is 3. The lowest BCUT2D eigenvalue weighted by Crippen LogP contribution is -2.30. The molecule has 0 aliphatic heterocycles. The van der Waals surface area contributed by atoms with Crippen molar-refractivity contribution < 1.29 is 13.2 Å². The Balaban J connectivity index is 2.26. The molecule has 0 atom stereocenters. The number of hydrogen-bond donors (Lipinski definition) is 1. The van der Waals surface area contributed by atoms with Crippen molar-refractivity contribution >= 4 is 53.2 Å². The van der Waals surface area contributed by atoms with Crippen LogP contribution in [0, 0.1) is 5.41 Å². The Labute approximate surface area is 141 Å². The standard InChI is InChI=1S/C13H14BrCl2NO3S/c1-2-13(3-4-13)7-17-12(18)9-5-8(21(16,19)20)6-10(14)11(9)15/h5-6H,2-4,7H2,1H3,(H,17,18). The van der Waals surface area contributed by atoms with Gasteiger partial charge in [-0.15, -0.1) is 0 Å². The van der Waals surface area contributed by atoms with Gasteiger partial charge in [-0.25, -0.2) is 8.42 Å². The van der Waals surface area contributed by atoms with Crippen LogP contribution in [-0.4, -0.2) is 20.9 Å². The number of rotatable bonds is 5. The molecule has 1 N–H and O–H groups in total. The zero-order chi connectivity index (χ0) is 15.8. The molecule has 0 heterocycles. The van der Waals surface area contributed by atoms with Gasteiger partial charge >= 0.3 is 0 Å². The highest BCUT2D eigenvalue weighted by Crippen LogP contribution is 2.47. The zero-order valence-corrected chi connectivity index (χ0v) is 15.2. The molecule has 1 aromatic carbocycles. The molecular weight excluding hydrogens is 401 g/mol. The van der Waals surface area contributed by atoms with E-state index in [1.54, 1.807) is 0 Å². The highest BCUT2D eigenvalue weighted by molar-refractivity contribution is 9.10. The minimum atomic E-state index is -3.93. The van der Waals surface area contributed by atoms with E-state index in [2.05, 4.69) is 28.2 Å². The van der Waals surface area contributed by atoms with Crippen LogP contribution in [0.5, 0.6) is 0 Å². The van der Waals surface area contributed by atoms with Crippen molar-refractivity contribution in [2.75, 3.05) is 6.54 Å².